The molecule has 144 valence electrons. The lowest BCUT2D eigenvalue weighted by Gasteiger charge is -2.21. The molecule has 1 atom stereocenters. The Kier molecular flexibility index (Phi) is 5.56. The van der Waals surface area contributed by atoms with Gasteiger partial charge in [0.2, 0.25) is 5.91 Å². The first kappa shape index (κ1) is 18.5. The Bertz CT molecular complexity index is 940. The van der Waals surface area contributed by atoms with Crippen molar-refractivity contribution in [3.8, 4) is 11.8 Å². The Morgan fingerprint density at radius 2 is 2.25 bits per heavy atom. The molecule has 1 aromatic carbocycles. The maximum absolute atomic E-state index is 11.5. The van der Waals surface area contributed by atoms with Crippen LogP contribution in [0.2, 0.25) is 0 Å². The first-order valence-corrected chi connectivity index (χ1v) is 9.57. The average molecular weight is 377 g/mol. The smallest absolute Gasteiger partial charge is 0.228 e. The minimum absolute atomic E-state index is 0.0225. The van der Waals surface area contributed by atoms with Crippen molar-refractivity contribution in [2.24, 2.45) is 0 Å². The molecular formula is C22H23N3O3. The second-order valence-corrected chi connectivity index (χ2v) is 6.98. The molecule has 1 aromatic heterocycles. The van der Waals surface area contributed by atoms with Crippen LogP contribution in [0.5, 0.6) is 0 Å². The number of nitrogens with one attached hydrogen (secondary N) is 2. The van der Waals surface area contributed by atoms with E-state index in [-0.39, 0.29) is 12.2 Å². The summed E-state index contributed by atoms with van der Waals surface area (Å²) in [7, 11) is 0. The van der Waals surface area contributed by atoms with Crippen LogP contribution in [0.15, 0.2) is 30.3 Å². The zero-order chi connectivity index (χ0) is 19.3. The number of amides is 1. The molecule has 2 aromatic rings. The van der Waals surface area contributed by atoms with Crippen LogP contribution >= 0.6 is 0 Å². The number of carbonyl (C=O) groups excluding carboxylic acids is 1. The summed E-state index contributed by atoms with van der Waals surface area (Å²) < 4.78 is 11.2. The van der Waals surface area contributed by atoms with Crippen molar-refractivity contribution in [1.82, 2.24) is 4.98 Å². The van der Waals surface area contributed by atoms with Crippen LogP contribution in [0.1, 0.15) is 36.1 Å². The van der Waals surface area contributed by atoms with Crippen molar-refractivity contribution >= 4 is 23.1 Å². The number of nitrogens with zero attached hydrogens (tertiary/aromatic N) is 1. The highest BCUT2D eigenvalue weighted by Crippen LogP contribution is 2.28. The molecule has 2 N–H and O–H groups in total. The summed E-state index contributed by atoms with van der Waals surface area (Å²) in [5.74, 6) is 6.91. The summed E-state index contributed by atoms with van der Waals surface area (Å²) in [5.41, 5.74) is 4.43. The van der Waals surface area contributed by atoms with Gasteiger partial charge in [-0.1, -0.05) is 11.8 Å². The Labute approximate surface area is 164 Å². The third-order valence-corrected chi connectivity index (χ3v) is 4.73. The molecule has 1 fully saturated rings. The summed E-state index contributed by atoms with van der Waals surface area (Å²) in [6.45, 7) is 3.03. The minimum atomic E-state index is -0.139. The van der Waals surface area contributed by atoms with E-state index in [1.807, 2.05) is 37.3 Å². The first-order valence-electron chi connectivity index (χ1n) is 9.57. The fourth-order valence-corrected chi connectivity index (χ4v) is 3.31. The highest BCUT2D eigenvalue weighted by Gasteiger charge is 2.18. The zero-order valence-corrected chi connectivity index (χ0v) is 15.9. The van der Waals surface area contributed by atoms with Crippen LogP contribution in [0.3, 0.4) is 0 Å². The number of aryl methyl sites for hydroxylation is 1. The van der Waals surface area contributed by atoms with Gasteiger partial charge in [-0.25, -0.2) is 4.98 Å². The van der Waals surface area contributed by atoms with E-state index < -0.39 is 0 Å². The first-order chi connectivity index (χ1) is 13.7. The van der Waals surface area contributed by atoms with Crippen LogP contribution in [-0.2, 0) is 20.7 Å². The number of aromatic nitrogens is 1. The number of rotatable bonds is 4. The lowest BCUT2D eigenvalue weighted by atomic mass is 10.1. The third-order valence-electron chi connectivity index (χ3n) is 4.73. The molecule has 6 nitrogen and oxygen atoms in total. The van der Waals surface area contributed by atoms with Crippen molar-refractivity contribution < 1.29 is 14.3 Å². The van der Waals surface area contributed by atoms with Crippen LogP contribution in [0, 0.1) is 18.8 Å². The molecule has 3 heterocycles. The average Bonchev–Trinajstić information content (AvgIpc) is 3.07. The highest BCUT2D eigenvalue weighted by atomic mass is 16.7. The van der Waals surface area contributed by atoms with Crippen LogP contribution < -0.4 is 10.6 Å². The van der Waals surface area contributed by atoms with Crippen LogP contribution in [-0.4, -0.2) is 30.4 Å². The minimum Gasteiger partial charge on any atom is -0.353 e. The van der Waals surface area contributed by atoms with E-state index in [1.54, 1.807) is 0 Å². The molecule has 1 saturated heterocycles. The maximum atomic E-state index is 11.5. The van der Waals surface area contributed by atoms with Crippen molar-refractivity contribution in [1.29, 1.82) is 0 Å². The Balaban J connectivity index is 1.46. The van der Waals surface area contributed by atoms with Gasteiger partial charge in [-0.15, -0.1) is 0 Å². The number of ether oxygens (including phenoxy) is 2. The van der Waals surface area contributed by atoms with E-state index in [9.17, 15) is 4.79 Å². The maximum Gasteiger partial charge on any atom is 0.228 e. The molecule has 1 amide bonds. The number of anilines is 3. The van der Waals surface area contributed by atoms with E-state index in [2.05, 4.69) is 27.5 Å². The molecule has 2 aliphatic rings. The van der Waals surface area contributed by atoms with Gasteiger partial charge in [0.25, 0.3) is 0 Å². The van der Waals surface area contributed by atoms with Gasteiger partial charge < -0.3 is 20.1 Å². The number of carbonyl (C=O) groups is 1. The second-order valence-electron chi connectivity index (χ2n) is 6.98. The standard InChI is InChI=1S/C22H23N3O3/c1-15-7-8-16(5-4-12-28-21-6-2-3-11-27-21)22(23-15)24-18-9-10-19-17(13-18)14-20(26)25-19/h7-10,13,21H,2-3,6,11-12,14H2,1H3,(H,23,24)(H,25,26). The number of pyridine rings is 1. The SMILES string of the molecule is Cc1ccc(C#CCOC2CCCCO2)c(Nc2ccc3c(c2)CC(=O)N3)n1. The third kappa shape index (κ3) is 4.50. The zero-order valence-electron chi connectivity index (χ0n) is 15.9. The van der Waals surface area contributed by atoms with Gasteiger partial charge in [0.15, 0.2) is 6.29 Å². The molecule has 28 heavy (non-hydrogen) atoms. The van der Waals surface area contributed by atoms with Gasteiger partial charge in [0.1, 0.15) is 12.4 Å². The summed E-state index contributed by atoms with van der Waals surface area (Å²) >= 11 is 0. The fraction of sp³-hybridized carbons (Fsp3) is 0.364. The second kappa shape index (κ2) is 8.42. The van der Waals surface area contributed by atoms with Gasteiger partial charge in [0, 0.05) is 23.7 Å². The summed E-state index contributed by atoms with van der Waals surface area (Å²) in [6.07, 6.45) is 3.42. The summed E-state index contributed by atoms with van der Waals surface area (Å²) in [6, 6.07) is 9.69. The van der Waals surface area contributed by atoms with Crippen molar-refractivity contribution in [3.05, 3.63) is 47.2 Å². The predicted octanol–water partition coefficient (Wildman–Crippen LogP) is 3.52. The quantitative estimate of drug-likeness (QED) is 0.798. The molecular weight excluding hydrogens is 354 g/mol. The van der Waals surface area contributed by atoms with E-state index in [0.29, 0.717) is 18.8 Å². The number of fused-ring (bicyclic) bond motifs is 1. The number of benzene rings is 1. The normalized spacial score (nSPS) is 18.0. The fourth-order valence-electron chi connectivity index (χ4n) is 3.31. The van der Waals surface area contributed by atoms with Gasteiger partial charge >= 0.3 is 0 Å². The molecule has 1 unspecified atom stereocenters. The van der Waals surface area contributed by atoms with Crippen molar-refractivity contribution in [3.63, 3.8) is 0 Å². The van der Waals surface area contributed by atoms with Gasteiger partial charge in [0.05, 0.1) is 12.0 Å². The van der Waals surface area contributed by atoms with Gasteiger partial charge in [-0.3, -0.25) is 4.79 Å². The van der Waals surface area contributed by atoms with E-state index in [1.165, 1.54) is 0 Å². The Morgan fingerprint density at radius 3 is 3.11 bits per heavy atom. The summed E-state index contributed by atoms with van der Waals surface area (Å²) in [4.78, 5) is 16.1. The molecule has 2 aliphatic heterocycles. The molecule has 6 heteroatoms. The van der Waals surface area contributed by atoms with Gasteiger partial charge in [-0.05, 0) is 62.1 Å². The molecule has 0 radical (unpaired) electrons. The lowest BCUT2D eigenvalue weighted by Crippen LogP contribution is -2.22. The monoisotopic (exact) mass is 377 g/mol. The van der Waals surface area contributed by atoms with E-state index >= 15 is 0 Å². The topological polar surface area (TPSA) is 72.5 Å². The van der Waals surface area contributed by atoms with E-state index in [0.717, 1.165) is 54.1 Å². The lowest BCUT2D eigenvalue weighted by molar-refractivity contribution is -0.154. The molecule has 0 spiro atoms. The number of hydrogen-bond acceptors (Lipinski definition) is 5. The van der Waals surface area contributed by atoms with Gasteiger partial charge in [-0.2, -0.15) is 0 Å². The van der Waals surface area contributed by atoms with E-state index in [4.69, 9.17) is 9.47 Å². The highest BCUT2D eigenvalue weighted by molar-refractivity contribution is 5.99. The molecule has 0 bridgehead atoms. The largest absolute Gasteiger partial charge is 0.353 e. The molecule has 0 saturated carbocycles. The molecule has 4 rings (SSSR count). The Morgan fingerprint density at radius 1 is 1.32 bits per heavy atom. The Hall–Kier alpha value is -2.88. The van der Waals surface area contributed by atoms with Crippen LogP contribution in [0.4, 0.5) is 17.2 Å². The van der Waals surface area contributed by atoms with Crippen molar-refractivity contribution in [2.45, 2.75) is 38.9 Å². The summed E-state index contributed by atoms with van der Waals surface area (Å²) in [5, 5.41) is 6.17. The number of hydrogen-bond donors (Lipinski definition) is 2. The van der Waals surface area contributed by atoms with Crippen LogP contribution in [0.25, 0.3) is 0 Å². The molecule has 0 aliphatic carbocycles. The van der Waals surface area contributed by atoms with Crippen molar-refractivity contribution in [2.75, 3.05) is 23.8 Å². The predicted molar refractivity (Wildman–Crippen MR) is 107 cm³/mol.